The number of aliphatic hydroxyl groups excluding tert-OH is 1. The van der Waals surface area contributed by atoms with E-state index in [0.29, 0.717) is 17.6 Å². The Bertz CT molecular complexity index is 890. The summed E-state index contributed by atoms with van der Waals surface area (Å²) in [7, 11) is 0. The lowest BCUT2D eigenvalue weighted by Gasteiger charge is -2.30. The third kappa shape index (κ3) is 4.10. The molecule has 2 heterocycles. The van der Waals surface area contributed by atoms with Crippen LogP contribution in [0, 0.1) is 11.8 Å². The second-order valence-corrected chi connectivity index (χ2v) is 7.42. The number of rotatable bonds is 3. The number of Topliss-reactive ketones (excluding diaryl/α,β-unsaturated/α-hetero) is 1. The molecule has 0 aromatic carbocycles. The van der Waals surface area contributed by atoms with E-state index < -0.39 is 47.9 Å². The van der Waals surface area contributed by atoms with Crippen LogP contribution in [-0.2, 0) is 19.1 Å². The Labute approximate surface area is 168 Å². The van der Waals surface area contributed by atoms with Gasteiger partial charge in [0, 0.05) is 18.9 Å². The van der Waals surface area contributed by atoms with Crippen molar-refractivity contribution in [3.8, 4) is 0 Å². The summed E-state index contributed by atoms with van der Waals surface area (Å²) < 4.78 is 16.0. The Balaban J connectivity index is 2.08. The summed E-state index contributed by atoms with van der Waals surface area (Å²) in [5, 5.41) is 11.2. The molecule has 0 amide bonds. The van der Waals surface area contributed by atoms with Crippen LogP contribution in [0.4, 0.5) is 0 Å². The van der Waals surface area contributed by atoms with Crippen molar-refractivity contribution in [1.29, 1.82) is 0 Å². The number of hydrogen-bond donors (Lipinski definition) is 1. The van der Waals surface area contributed by atoms with Crippen LogP contribution >= 0.6 is 0 Å². The highest BCUT2D eigenvalue weighted by Crippen LogP contribution is 2.38. The van der Waals surface area contributed by atoms with Gasteiger partial charge in [-0.3, -0.25) is 9.59 Å². The standard InChI is InChI=1S/C22H24O7/c1-11-7-8-15(28-14(4)23)12(2)10-17-19(13(3)22(26)29-17)21(25)18(11)20(24)16-6-5-9-27-16/h5-7,9-10,15,17-19,21,25H,3,8H2,1-2,4H3. The minimum absolute atomic E-state index is 0.0983. The van der Waals surface area contributed by atoms with Gasteiger partial charge in [0.2, 0.25) is 5.78 Å². The zero-order valence-corrected chi connectivity index (χ0v) is 16.6. The second kappa shape index (κ2) is 8.21. The fraction of sp³-hybridized carbons (Fsp3) is 0.409. The first-order chi connectivity index (χ1) is 13.7. The van der Waals surface area contributed by atoms with Crippen molar-refractivity contribution in [3.63, 3.8) is 0 Å². The summed E-state index contributed by atoms with van der Waals surface area (Å²) in [5.41, 5.74) is 1.36. The van der Waals surface area contributed by atoms with Gasteiger partial charge in [0.25, 0.3) is 0 Å². The van der Waals surface area contributed by atoms with Gasteiger partial charge in [0.05, 0.1) is 24.2 Å². The normalized spacial score (nSPS) is 30.0. The first-order valence-corrected chi connectivity index (χ1v) is 9.38. The van der Waals surface area contributed by atoms with Crippen LogP contribution < -0.4 is 0 Å². The van der Waals surface area contributed by atoms with Crippen LogP contribution in [0.2, 0.25) is 0 Å². The molecule has 1 aliphatic carbocycles. The molecule has 1 saturated heterocycles. The number of hydrogen-bond acceptors (Lipinski definition) is 7. The molecule has 154 valence electrons. The fourth-order valence-electron chi connectivity index (χ4n) is 3.87. The van der Waals surface area contributed by atoms with E-state index in [1.54, 1.807) is 32.1 Å². The number of esters is 2. The Morgan fingerprint density at radius 1 is 1.28 bits per heavy atom. The maximum Gasteiger partial charge on any atom is 0.334 e. The Morgan fingerprint density at radius 3 is 2.62 bits per heavy atom. The summed E-state index contributed by atoms with van der Waals surface area (Å²) in [4.78, 5) is 36.8. The summed E-state index contributed by atoms with van der Waals surface area (Å²) in [6.45, 7) is 8.57. The average molecular weight is 400 g/mol. The van der Waals surface area contributed by atoms with Gasteiger partial charge in [-0.25, -0.2) is 4.79 Å². The molecule has 5 atom stereocenters. The van der Waals surface area contributed by atoms with Gasteiger partial charge < -0.3 is 19.0 Å². The van der Waals surface area contributed by atoms with E-state index in [9.17, 15) is 19.5 Å². The largest absolute Gasteiger partial charge is 0.461 e. The van der Waals surface area contributed by atoms with E-state index >= 15 is 0 Å². The predicted molar refractivity (Wildman–Crippen MR) is 103 cm³/mol. The van der Waals surface area contributed by atoms with Crippen molar-refractivity contribution < 1.29 is 33.4 Å². The number of carbonyl (C=O) groups is 3. The molecule has 1 aromatic rings. The van der Waals surface area contributed by atoms with Crippen LogP contribution in [-0.4, -0.2) is 41.1 Å². The molecule has 0 radical (unpaired) electrons. The van der Waals surface area contributed by atoms with Crippen LogP contribution in [0.5, 0.6) is 0 Å². The van der Waals surface area contributed by atoms with Crippen molar-refractivity contribution >= 4 is 17.7 Å². The van der Waals surface area contributed by atoms with Gasteiger partial charge in [-0.2, -0.15) is 0 Å². The maximum absolute atomic E-state index is 13.1. The summed E-state index contributed by atoms with van der Waals surface area (Å²) in [6, 6.07) is 3.11. The van der Waals surface area contributed by atoms with Gasteiger partial charge in [-0.15, -0.1) is 0 Å². The molecule has 1 N–H and O–H groups in total. The molecule has 2 aliphatic rings. The van der Waals surface area contributed by atoms with Crippen molar-refractivity contribution in [1.82, 2.24) is 0 Å². The Kier molecular flexibility index (Phi) is 5.88. The highest BCUT2D eigenvalue weighted by atomic mass is 16.6. The summed E-state index contributed by atoms with van der Waals surface area (Å²) >= 11 is 0. The lowest BCUT2D eigenvalue weighted by molar-refractivity contribution is -0.144. The maximum atomic E-state index is 13.1. The molecule has 1 aromatic heterocycles. The molecule has 1 aliphatic heterocycles. The molecule has 0 spiro atoms. The third-order valence-electron chi connectivity index (χ3n) is 5.41. The van der Waals surface area contributed by atoms with E-state index in [0.717, 1.165) is 0 Å². The number of fused-ring (bicyclic) bond motifs is 1. The van der Waals surface area contributed by atoms with E-state index in [4.69, 9.17) is 13.9 Å². The van der Waals surface area contributed by atoms with Crippen LogP contribution in [0.1, 0.15) is 37.7 Å². The lowest BCUT2D eigenvalue weighted by Crippen LogP contribution is -2.40. The van der Waals surface area contributed by atoms with Crippen molar-refractivity contribution in [2.45, 2.75) is 45.5 Å². The van der Waals surface area contributed by atoms with Crippen LogP contribution in [0.15, 0.2) is 58.3 Å². The molecule has 0 saturated carbocycles. The first kappa shape index (κ1) is 20.8. The monoisotopic (exact) mass is 400 g/mol. The van der Waals surface area contributed by atoms with Gasteiger partial charge in [-0.1, -0.05) is 18.2 Å². The number of aliphatic hydroxyl groups is 1. The van der Waals surface area contributed by atoms with E-state index in [2.05, 4.69) is 6.58 Å². The minimum atomic E-state index is -1.25. The van der Waals surface area contributed by atoms with Crippen LogP contribution in [0.25, 0.3) is 0 Å². The lowest BCUT2D eigenvalue weighted by atomic mass is 9.77. The second-order valence-electron chi connectivity index (χ2n) is 7.42. The third-order valence-corrected chi connectivity index (χ3v) is 5.41. The zero-order valence-electron chi connectivity index (χ0n) is 16.6. The van der Waals surface area contributed by atoms with E-state index in [-0.39, 0.29) is 11.3 Å². The average Bonchev–Trinajstić information content (AvgIpc) is 3.27. The molecular weight excluding hydrogens is 376 g/mol. The van der Waals surface area contributed by atoms with Crippen molar-refractivity contribution in [2.24, 2.45) is 11.8 Å². The number of furan rings is 1. The van der Waals surface area contributed by atoms with Gasteiger partial charge in [0.1, 0.15) is 12.2 Å². The van der Waals surface area contributed by atoms with Crippen LogP contribution in [0.3, 0.4) is 0 Å². The Morgan fingerprint density at radius 2 is 2.00 bits per heavy atom. The smallest absolute Gasteiger partial charge is 0.334 e. The molecule has 7 nitrogen and oxygen atoms in total. The molecule has 5 unspecified atom stereocenters. The van der Waals surface area contributed by atoms with Gasteiger partial charge >= 0.3 is 11.9 Å². The van der Waals surface area contributed by atoms with E-state index in [1.807, 2.05) is 0 Å². The van der Waals surface area contributed by atoms with Gasteiger partial charge in [-0.05, 0) is 37.6 Å². The SMILES string of the molecule is C=C1C(=O)OC2C=C(C)C(OC(C)=O)CC=C(C)C(C(=O)c3ccco3)C(O)C12. The first-order valence-electron chi connectivity index (χ1n) is 9.38. The molecule has 29 heavy (non-hydrogen) atoms. The molecule has 1 fully saturated rings. The molecule has 0 bridgehead atoms. The number of ether oxygens (including phenoxy) is 2. The van der Waals surface area contributed by atoms with Crippen molar-refractivity contribution in [2.75, 3.05) is 0 Å². The predicted octanol–water partition coefficient (Wildman–Crippen LogP) is 2.77. The summed E-state index contributed by atoms with van der Waals surface area (Å²) in [5.74, 6) is -3.16. The highest BCUT2D eigenvalue weighted by Gasteiger charge is 2.47. The minimum Gasteiger partial charge on any atom is -0.461 e. The quantitative estimate of drug-likeness (QED) is 0.360. The Hall–Kier alpha value is -2.93. The number of ketones is 1. The number of carbonyl (C=O) groups excluding carboxylic acids is 3. The van der Waals surface area contributed by atoms with Crippen molar-refractivity contribution in [3.05, 3.63) is 59.6 Å². The molecule has 7 heteroatoms. The van der Waals surface area contributed by atoms with E-state index in [1.165, 1.54) is 19.3 Å². The molecular formula is C22H24O7. The fourth-order valence-corrected chi connectivity index (χ4v) is 3.87. The van der Waals surface area contributed by atoms with Gasteiger partial charge in [0.15, 0.2) is 5.76 Å². The molecule has 3 rings (SSSR count). The topological polar surface area (TPSA) is 103 Å². The highest BCUT2D eigenvalue weighted by molar-refractivity contribution is 5.98. The zero-order chi connectivity index (χ0) is 21.3. The summed E-state index contributed by atoms with van der Waals surface area (Å²) in [6.07, 6.45) is 2.47.